The number of imidazole rings is 1. The monoisotopic (exact) mass is 428 g/mol. The number of hydrogen-bond donors (Lipinski definition) is 2. The fourth-order valence-corrected chi connectivity index (χ4v) is 4.43. The molecule has 1 heterocycles. The number of carbonyl (C=O) groups is 1. The van der Waals surface area contributed by atoms with E-state index in [1.54, 1.807) is 0 Å². The summed E-state index contributed by atoms with van der Waals surface area (Å²) in [5.74, 6) is 5.24. The van der Waals surface area contributed by atoms with Crippen LogP contribution in [0.5, 0.6) is 0 Å². The Balaban J connectivity index is 2.01. The van der Waals surface area contributed by atoms with Crippen LogP contribution in [0, 0.1) is 13.8 Å². The molecule has 0 aliphatic rings. The fraction of sp³-hybridized carbons (Fsp3) is 0.120. The van der Waals surface area contributed by atoms with Crippen LogP contribution in [0.2, 0.25) is 0 Å². The number of carbonyl (C=O) groups excluding carboxylic acids is 1. The number of benzene rings is 3. The number of hydrogen-bond acceptors (Lipinski definition) is 4. The van der Waals surface area contributed by atoms with E-state index in [0.29, 0.717) is 0 Å². The zero-order chi connectivity index (χ0) is 21.8. The first-order valence-corrected chi connectivity index (χ1v) is 11.0. The molecule has 5 nitrogen and oxygen atoms in total. The second-order valence-electron chi connectivity index (χ2n) is 7.31. The molecule has 0 atom stereocenters. The summed E-state index contributed by atoms with van der Waals surface area (Å²) < 4.78 is 2.15. The van der Waals surface area contributed by atoms with Crippen molar-refractivity contribution in [1.29, 1.82) is 0 Å². The molecule has 31 heavy (non-hydrogen) atoms. The third-order valence-electron chi connectivity index (χ3n) is 5.03. The Morgan fingerprint density at radius 3 is 2.23 bits per heavy atom. The molecule has 0 unspecified atom stereocenters. The molecule has 1 aromatic heterocycles. The lowest BCUT2D eigenvalue weighted by atomic mass is 10.0. The number of thioether (sulfide) groups is 1. The van der Waals surface area contributed by atoms with Gasteiger partial charge in [0.15, 0.2) is 5.16 Å². The largest absolute Gasteiger partial charge is 0.294 e. The van der Waals surface area contributed by atoms with Crippen molar-refractivity contribution in [3.63, 3.8) is 0 Å². The lowest BCUT2D eigenvalue weighted by molar-refractivity contribution is -0.118. The summed E-state index contributed by atoms with van der Waals surface area (Å²) in [5.41, 5.74) is 9.53. The molecule has 3 N–H and O–H groups in total. The lowest BCUT2D eigenvalue weighted by Gasteiger charge is -2.16. The fourth-order valence-electron chi connectivity index (χ4n) is 3.61. The Morgan fingerprint density at radius 2 is 1.61 bits per heavy atom. The molecule has 0 spiro atoms. The van der Waals surface area contributed by atoms with Gasteiger partial charge in [0.25, 0.3) is 0 Å². The molecule has 1 amide bonds. The van der Waals surface area contributed by atoms with Gasteiger partial charge in [-0.3, -0.25) is 14.8 Å². The van der Waals surface area contributed by atoms with Crippen LogP contribution in [0.1, 0.15) is 11.1 Å². The van der Waals surface area contributed by atoms with Crippen molar-refractivity contribution >= 4 is 17.7 Å². The first-order chi connectivity index (χ1) is 15.1. The molecule has 0 saturated heterocycles. The van der Waals surface area contributed by atoms with Gasteiger partial charge in [-0.1, -0.05) is 90.1 Å². The number of hydrazine groups is 1. The number of nitrogens with two attached hydrogens (primary N) is 1. The highest BCUT2D eigenvalue weighted by Crippen LogP contribution is 2.38. The van der Waals surface area contributed by atoms with E-state index in [1.165, 1.54) is 17.3 Å². The highest BCUT2D eigenvalue weighted by Gasteiger charge is 2.23. The van der Waals surface area contributed by atoms with Gasteiger partial charge in [0.2, 0.25) is 5.91 Å². The summed E-state index contributed by atoms with van der Waals surface area (Å²) in [7, 11) is 0. The van der Waals surface area contributed by atoms with Gasteiger partial charge in [0.1, 0.15) is 0 Å². The van der Waals surface area contributed by atoms with Crippen molar-refractivity contribution in [2.24, 2.45) is 5.84 Å². The van der Waals surface area contributed by atoms with Gasteiger partial charge in [-0.15, -0.1) is 0 Å². The SMILES string of the molecule is Cc1ccc(-n2c(SCC(=O)NN)nc(-c3ccccc3)c2-c2ccccc2)c(C)c1. The highest BCUT2D eigenvalue weighted by molar-refractivity contribution is 7.99. The summed E-state index contributed by atoms with van der Waals surface area (Å²) in [4.78, 5) is 16.9. The van der Waals surface area contributed by atoms with Gasteiger partial charge in [-0.05, 0) is 25.5 Å². The molecule has 0 radical (unpaired) electrons. The number of nitrogens with one attached hydrogen (secondary N) is 1. The van der Waals surface area contributed by atoms with Crippen LogP contribution >= 0.6 is 11.8 Å². The number of nitrogens with zero attached hydrogens (tertiary/aromatic N) is 2. The Kier molecular flexibility index (Phi) is 6.21. The first-order valence-electron chi connectivity index (χ1n) is 10.0. The summed E-state index contributed by atoms with van der Waals surface area (Å²) in [6, 6.07) is 26.7. The molecule has 0 fully saturated rings. The van der Waals surface area contributed by atoms with E-state index >= 15 is 0 Å². The molecule has 0 aliphatic carbocycles. The molecule has 4 rings (SSSR count). The Morgan fingerprint density at radius 1 is 0.968 bits per heavy atom. The quantitative estimate of drug-likeness (QED) is 0.198. The van der Waals surface area contributed by atoms with Crippen LogP contribution in [-0.2, 0) is 4.79 Å². The van der Waals surface area contributed by atoms with Crippen LogP contribution in [0.4, 0.5) is 0 Å². The molecular weight excluding hydrogens is 404 g/mol. The van der Waals surface area contributed by atoms with E-state index in [4.69, 9.17) is 10.8 Å². The van der Waals surface area contributed by atoms with Crippen molar-refractivity contribution in [3.05, 3.63) is 90.0 Å². The topological polar surface area (TPSA) is 72.9 Å². The Bertz CT molecular complexity index is 1200. The second-order valence-corrected chi connectivity index (χ2v) is 8.25. The van der Waals surface area contributed by atoms with Crippen LogP contribution < -0.4 is 11.3 Å². The van der Waals surface area contributed by atoms with E-state index < -0.39 is 0 Å². The summed E-state index contributed by atoms with van der Waals surface area (Å²) >= 11 is 1.37. The second kappa shape index (κ2) is 9.20. The number of aryl methyl sites for hydroxylation is 2. The van der Waals surface area contributed by atoms with Gasteiger partial charge in [0.05, 0.1) is 22.8 Å². The minimum Gasteiger partial charge on any atom is -0.294 e. The van der Waals surface area contributed by atoms with E-state index in [0.717, 1.165) is 38.9 Å². The lowest BCUT2D eigenvalue weighted by Crippen LogP contribution is -2.31. The summed E-state index contributed by atoms with van der Waals surface area (Å²) in [6.45, 7) is 4.18. The van der Waals surface area contributed by atoms with Crippen LogP contribution in [0.25, 0.3) is 28.2 Å². The maximum Gasteiger partial charge on any atom is 0.244 e. The molecule has 0 bridgehead atoms. The Hall–Kier alpha value is -3.35. The van der Waals surface area contributed by atoms with Gasteiger partial charge >= 0.3 is 0 Å². The zero-order valence-electron chi connectivity index (χ0n) is 17.5. The maximum absolute atomic E-state index is 11.9. The van der Waals surface area contributed by atoms with E-state index in [-0.39, 0.29) is 11.7 Å². The van der Waals surface area contributed by atoms with E-state index in [9.17, 15) is 4.79 Å². The predicted molar refractivity (Wildman–Crippen MR) is 127 cm³/mol. The van der Waals surface area contributed by atoms with Crippen molar-refractivity contribution in [1.82, 2.24) is 15.0 Å². The van der Waals surface area contributed by atoms with Crippen LogP contribution in [0.3, 0.4) is 0 Å². The van der Waals surface area contributed by atoms with Gasteiger partial charge in [-0.2, -0.15) is 0 Å². The number of rotatable bonds is 6. The molecule has 3 aromatic carbocycles. The number of aromatic nitrogens is 2. The molecule has 156 valence electrons. The number of amides is 1. The molecule has 6 heteroatoms. The maximum atomic E-state index is 11.9. The normalized spacial score (nSPS) is 10.8. The van der Waals surface area contributed by atoms with Crippen molar-refractivity contribution in [3.8, 4) is 28.2 Å². The average Bonchev–Trinajstić information content (AvgIpc) is 3.18. The van der Waals surface area contributed by atoms with Crippen LogP contribution in [-0.4, -0.2) is 21.2 Å². The minimum absolute atomic E-state index is 0.181. The van der Waals surface area contributed by atoms with Crippen molar-refractivity contribution in [2.75, 3.05) is 5.75 Å². The van der Waals surface area contributed by atoms with Gasteiger partial charge < -0.3 is 0 Å². The molecule has 0 saturated carbocycles. The van der Waals surface area contributed by atoms with Crippen LogP contribution in [0.15, 0.2) is 84.0 Å². The predicted octanol–water partition coefficient (Wildman–Crippen LogP) is 4.91. The molecular formula is C25H24N4OS. The first kappa shape index (κ1) is 20.9. The Labute approximate surface area is 186 Å². The van der Waals surface area contributed by atoms with Crippen molar-refractivity contribution in [2.45, 2.75) is 19.0 Å². The zero-order valence-corrected chi connectivity index (χ0v) is 18.3. The summed E-state index contributed by atoms with van der Waals surface area (Å²) in [5, 5.41) is 0.744. The third kappa shape index (κ3) is 4.40. The average molecular weight is 429 g/mol. The standard InChI is InChI=1S/C25H24N4OS/c1-17-13-14-21(18(2)15-17)29-24(20-11-7-4-8-12-20)23(19-9-5-3-6-10-19)27-25(29)31-16-22(30)28-26/h3-15H,16,26H2,1-2H3,(H,28,30). The summed E-state index contributed by atoms with van der Waals surface area (Å²) in [6.07, 6.45) is 0. The van der Waals surface area contributed by atoms with Gasteiger partial charge in [0, 0.05) is 11.1 Å². The van der Waals surface area contributed by atoms with E-state index in [1.807, 2.05) is 36.4 Å². The molecule has 4 aromatic rings. The smallest absolute Gasteiger partial charge is 0.244 e. The van der Waals surface area contributed by atoms with Crippen molar-refractivity contribution < 1.29 is 4.79 Å². The third-order valence-corrected chi connectivity index (χ3v) is 5.97. The van der Waals surface area contributed by atoms with E-state index in [2.05, 4.69) is 66.3 Å². The molecule has 0 aliphatic heterocycles. The minimum atomic E-state index is -0.247. The highest BCUT2D eigenvalue weighted by atomic mass is 32.2. The van der Waals surface area contributed by atoms with Gasteiger partial charge in [-0.25, -0.2) is 10.8 Å².